The van der Waals surface area contributed by atoms with Gasteiger partial charge in [-0.15, -0.1) is 0 Å². The fourth-order valence-electron chi connectivity index (χ4n) is 3.10. The van der Waals surface area contributed by atoms with E-state index in [1.54, 1.807) is 60.3 Å². The molecule has 7 heteroatoms. The van der Waals surface area contributed by atoms with Crippen molar-refractivity contribution in [3.8, 4) is 12.0 Å². The average molecular weight is 389 g/mol. The summed E-state index contributed by atoms with van der Waals surface area (Å²) in [7, 11) is 0. The minimum absolute atomic E-state index is 0.0244. The number of nitrogens with zero attached hydrogens (tertiary/aromatic N) is 2. The fourth-order valence-corrected chi connectivity index (χ4v) is 3.10. The minimum atomic E-state index is -1.11. The Balaban J connectivity index is 1.66. The van der Waals surface area contributed by atoms with Gasteiger partial charge in [0, 0.05) is 24.0 Å². The highest BCUT2D eigenvalue weighted by Gasteiger charge is 2.33. The summed E-state index contributed by atoms with van der Waals surface area (Å²) in [6.45, 7) is 1.59. The SMILES string of the molecule is Cc1oc(-n2cccc2)c(C#N)c1C(=O)O[C@H](C(=O)NC1CC1)c1ccccc1. The van der Waals surface area contributed by atoms with Gasteiger partial charge >= 0.3 is 5.97 Å². The molecule has 1 N–H and O–H groups in total. The molecule has 2 heterocycles. The maximum atomic E-state index is 13.0. The standard InChI is InChI=1S/C22H19N3O4/c1-14-18(17(13-23)21(28-14)25-11-5-6-12-25)22(27)29-19(15-7-3-2-4-8-15)20(26)24-16-9-10-16/h2-8,11-12,16,19H,9-10H2,1H3,(H,24,26)/t19-/m0/s1. The van der Waals surface area contributed by atoms with E-state index in [4.69, 9.17) is 9.15 Å². The first-order valence-corrected chi connectivity index (χ1v) is 9.31. The molecule has 1 aliphatic rings. The second-order valence-corrected chi connectivity index (χ2v) is 6.89. The van der Waals surface area contributed by atoms with Crippen molar-refractivity contribution in [2.45, 2.75) is 31.9 Å². The molecule has 0 bridgehead atoms. The zero-order valence-electron chi connectivity index (χ0n) is 15.8. The lowest BCUT2D eigenvalue weighted by Crippen LogP contribution is -2.33. The van der Waals surface area contributed by atoms with E-state index in [0.29, 0.717) is 5.56 Å². The molecule has 1 fully saturated rings. The van der Waals surface area contributed by atoms with Crippen LogP contribution in [0.25, 0.3) is 5.88 Å². The van der Waals surface area contributed by atoms with Crippen LogP contribution >= 0.6 is 0 Å². The van der Waals surface area contributed by atoms with Crippen molar-refractivity contribution in [2.75, 3.05) is 0 Å². The molecule has 0 spiro atoms. The van der Waals surface area contributed by atoms with E-state index >= 15 is 0 Å². The Bertz CT molecular complexity index is 1070. The molecule has 3 aromatic rings. The Kier molecular flexibility index (Phi) is 4.92. The zero-order valence-corrected chi connectivity index (χ0v) is 15.8. The summed E-state index contributed by atoms with van der Waals surface area (Å²) in [4.78, 5) is 25.7. The number of hydrogen-bond donors (Lipinski definition) is 1. The van der Waals surface area contributed by atoms with Gasteiger partial charge in [0.1, 0.15) is 23.0 Å². The van der Waals surface area contributed by atoms with E-state index in [0.717, 1.165) is 12.8 Å². The fraction of sp³-hybridized carbons (Fsp3) is 0.227. The number of nitriles is 1. The van der Waals surface area contributed by atoms with Gasteiger partial charge in [0.15, 0.2) is 0 Å². The van der Waals surface area contributed by atoms with Gasteiger partial charge in [0.2, 0.25) is 12.0 Å². The molecule has 4 rings (SSSR count). The Labute approximate surface area is 167 Å². The van der Waals surface area contributed by atoms with Crippen LogP contribution in [0.5, 0.6) is 0 Å². The van der Waals surface area contributed by atoms with Crippen LogP contribution in [0, 0.1) is 18.3 Å². The molecular weight excluding hydrogens is 370 g/mol. The zero-order chi connectivity index (χ0) is 20.4. The van der Waals surface area contributed by atoms with Gasteiger partial charge in [0.25, 0.3) is 5.91 Å². The third kappa shape index (κ3) is 3.78. The maximum Gasteiger partial charge on any atom is 0.344 e. The van der Waals surface area contributed by atoms with Crippen molar-refractivity contribution in [1.82, 2.24) is 9.88 Å². The Hall–Kier alpha value is -3.79. The number of benzene rings is 1. The van der Waals surface area contributed by atoms with E-state index in [-0.39, 0.29) is 34.7 Å². The predicted octanol–water partition coefficient (Wildman–Crippen LogP) is 3.43. The summed E-state index contributed by atoms with van der Waals surface area (Å²) in [5, 5.41) is 12.5. The normalized spacial score (nSPS) is 14.1. The molecule has 0 saturated heterocycles. The highest BCUT2D eigenvalue weighted by atomic mass is 16.5. The first kappa shape index (κ1) is 18.6. The number of aromatic nitrogens is 1. The van der Waals surface area contributed by atoms with Crippen molar-refractivity contribution in [2.24, 2.45) is 0 Å². The highest BCUT2D eigenvalue weighted by molar-refractivity contribution is 5.96. The minimum Gasteiger partial charge on any atom is -0.444 e. The van der Waals surface area contributed by atoms with Crippen LogP contribution in [0.4, 0.5) is 0 Å². The van der Waals surface area contributed by atoms with Crippen LogP contribution in [0.15, 0.2) is 59.3 Å². The van der Waals surface area contributed by atoms with Gasteiger partial charge in [-0.25, -0.2) is 4.79 Å². The van der Waals surface area contributed by atoms with E-state index < -0.39 is 12.1 Å². The van der Waals surface area contributed by atoms with Crippen molar-refractivity contribution >= 4 is 11.9 Å². The van der Waals surface area contributed by atoms with Gasteiger partial charge in [-0.3, -0.25) is 9.36 Å². The second kappa shape index (κ2) is 7.68. The smallest absolute Gasteiger partial charge is 0.344 e. The molecule has 2 aromatic heterocycles. The lowest BCUT2D eigenvalue weighted by molar-refractivity contribution is -0.130. The Morgan fingerprint density at radius 3 is 2.52 bits per heavy atom. The lowest BCUT2D eigenvalue weighted by Gasteiger charge is -2.18. The molecule has 0 aliphatic heterocycles. The largest absolute Gasteiger partial charge is 0.444 e. The second-order valence-electron chi connectivity index (χ2n) is 6.89. The first-order chi connectivity index (χ1) is 14.1. The van der Waals surface area contributed by atoms with E-state index in [1.165, 1.54) is 0 Å². The molecule has 7 nitrogen and oxygen atoms in total. The highest BCUT2D eigenvalue weighted by Crippen LogP contribution is 2.29. The Morgan fingerprint density at radius 1 is 1.21 bits per heavy atom. The van der Waals surface area contributed by atoms with Crippen molar-refractivity contribution in [1.29, 1.82) is 5.26 Å². The molecule has 1 atom stereocenters. The van der Waals surface area contributed by atoms with Crippen LogP contribution in [0.3, 0.4) is 0 Å². The Morgan fingerprint density at radius 2 is 1.90 bits per heavy atom. The molecule has 0 unspecified atom stereocenters. The van der Waals surface area contributed by atoms with Gasteiger partial charge in [-0.1, -0.05) is 30.3 Å². The number of hydrogen-bond acceptors (Lipinski definition) is 5. The molecule has 1 aromatic carbocycles. The summed E-state index contributed by atoms with van der Waals surface area (Å²) in [5.74, 6) is -0.663. The van der Waals surface area contributed by atoms with Crippen LogP contribution in [0.2, 0.25) is 0 Å². The summed E-state index contributed by atoms with van der Waals surface area (Å²) in [5.41, 5.74) is 0.652. The lowest BCUT2D eigenvalue weighted by atomic mass is 10.1. The number of furan rings is 1. The van der Waals surface area contributed by atoms with Gasteiger partial charge in [-0.05, 0) is 31.9 Å². The van der Waals surface area contributed by atoms with Crippen LogP contribution in [-0.2, 0) is 9.53 Å². The van der Waals surface area contributed by atoms with Crippen LogP contribution < -0.4 is 5.32 Å². The number of amides is 1. The molecular formula is C22H19N3O4. The summed E-state index contributed by atoms with van der Waals surface area (Å²) >= 11 is 0. The van der Waals surface area contributed by atoms with Gasteiger partial charge < -0.3 is 14.5 Å². The predicted molar refractivity (Wildman–Crippen MR) is 103 cm³/mol. The number of esters is 1. The van der Waals surface area contributed by atoms with E-state index in [1.807, 2.05) is 12.1 Å². The summed E-state index contributed by atoms with van der Waals surface area (Å²) < 4.78 is 12.9. The third-order valence-corrected chi connectivity index (χ3v) is 4.71. The molecule has 29 heavy (non-hydrogen) atoms. The van der Waals surface area contributed by atoms with Crippen molar-refractivity contribution in [3.05, 3.63) is 77.3 Å². The number of rotatable bonds is 6. The van der Waals surface area contributed by atoms with Gasteiger partial charge in [-0.2, -0.15) is 5.26 Å². The monoisotopic (exact) mass is 389 g/mol. The van der Waals surface area contributed by atoms with Crippen molar-refractivity contribution in [3.63, 3.8) is 0 Å². The third-order valence-electron chi connectivity index (χ3n) is 4.71. The first-order valence-electron chi connectivity index (χ1n) is 9.31. The van der Waals surface area contributed by atoms with Crippen LogP contribution in [0.1, 0.15) is 46.2 Å². The maximum absolute atomic E-state index is 13.0. The summed E-state index contributed by atoms with van der Waals surface area (Å²) in [6, 6.07) is 14.5. The topological polar surface area (TPSA) is 97.3 Å². The van der Waals surface area contributed by atoms with Crippen molar-refractivity contribution < 1.29 is 18.7 Å². The van der Waals surface area contributed by atoms with E-state index in [2.05, 4.69) is 5.32 Å². The number of nitrogens with one attached hydrogen (secondary N) is 1. The van der Waals surface area contributed by atoms with Crippen LogP contribution in [-0.4, -0.2) is 22.5 Å². The molecule has 1 amide bonds. The number of carbonyl (C=O) groups is 2. The molecule has 1 saturated carbocycles. The average Bonchev–Trinajstić information content (AvgIpc) is 3.25. The molecule has 1 aliphatic carbocycles. The number of carbonyl (C=O) groups excluding carboxylic acids is 2. The molecule has 146 valence electrons. The van der Waals surface area contributed by atoms with E-state index in [9.17, 15) is 14.9 Å². The van der Waals surface area contributed by atoms with Gasteiger partial charge in [0.05, 0.1) is 0 Å². The summed E-state index contributed by atoms with van der Waals surface area (Å²) in [6.07, 6.45) is 4.15. The molecule has 0 radical (unpaired) electrons. The quantitative estimate of drug-likeness (QED) is 0.652. The number of ether oxygens (including phenoxy) is 1. The number of aryl methyl sites for hydroxylation is 1.